The van der Waals surface area contributed by atoms with Crippen LogP contribution in [0.4, 0.5) is 0 Å². The lowest BCUT2D eigenvalue weighted by atomic mass is 10.5. The summed E-state index contributed by atoms with van der Waals surface area (Å²) in [4.78, 5) is 3.67. The highest BCUT2D eigenvalue weighted by molar-refractivity contribution is 14.1. The van der Waals surface area contributed by atoms with E-state index >= 15 is 0 Å². The largest absolute Gasteiger partial charge is 0.494 e. The van der Waals surface area contributed by atoms with Crippen molar-refractivity contribution in [2.24, 2.45) is 0 Å². The molecule has 0 saturated heterocycles. The number of hydrogen-bond donors (Lipinski definition) is 0. The van der Waals surface area contributed by atoms with Gasteiger partial charge in [-0.15, -0.1) is 0 Å². The van der Waals surface area contributed by atoms with E-state index in [2.05, 4.69) is 4.98 Å². The van der Waals surface area contributed by atoms with Gasteiger partial charge < -0.3 is 4.74 Å². The molecule has 0 unspecified atom stereocenters. The van der Waals surface area contributed by atoms with Gasteiger partial charge in [-0.3, -0.25) is 0 Å². The molecule has 13 heavy (non-hydrogen) atoms. The average Bonchev–Trinajstić information content (AvgIpc) is 2.01. The normalized spacial score (nSPS) is 11.3. The van der Waals surface area contributed by atoms with Gasteiger partial charge in [0, 0.05) is 20.4 Å². The molecule has 0 atom stereocenters. The standard InChI is InChI=1S/C6H5ClINO3S/c1-12-5-2-4(8)3-9-6(5)13(7,10)11/h2-3H,1H3. The van der Waals surface area contributed by atoms with Crippen LogP contribution in [0.25, 0.3) is 0 Å². The van der Waals surface area contributed by atoms with Crippen LogP contribution in [-0.2, 0) is 9.05 Å². The molecule has 0 aliphatic heterocycles. The summed E-state index contributed by atoms with van der Waals surface area (Å²) >= 11 is 1.99. The molecule has 1 aromatic rings. The van der Waals surface area contributed by atoms with Gasteiger partial charge in [-0.25, -0.2) is 13.4 Å². The van der Waals surface area contributed by atoms with Gasteiger partial charge in [0.1, 0.15) is 0 Å². The maximum Gasteiger partial charge on any atom is 0.282 e. The number of aromatic nitrogens is 1. The SMILES string of the molecule is COc1cc(I)cnc1S(=O)(=O)Cl. The first-order valence-electron chi connectivity index (χ1n) is 3.09. The van der Waals surface area contributed by atoms with Crippen molar-refractivity contribution in [3.63, 3.8) is 0 Å². The first-order chi connectivity index (χ1) is 5.95. The van der Waals surface area contributed by atoms with E-state index in [-0.39, 0.29) is 10.8 Å². The molecule has 0 N–H and O–H groups in total. The fourth-order valence-electron chi connectivity index (χ4n) is 0.737. The quantitative estimate of drug-likeness (QED) is 0.610. The van der Waals surface area contributed by atoms with Gasteiger partial charge in [0.2, 0.25) is 5.03 Å². The summed E-state index contributed by atoms with van der Waals surface area (Å²) in [5.41, 5.74) is 0. The van der Waals surface area contributed by atoms with E-state index in [1.54, 1.807) is 6.07 Å². The number of nitrogens with zero attached hydrogens (tertiary/aromatic N) is 1. The lowest BCUT2D eigenvalue weighted by Crippen LogP contribution is -1.99. The number of ether oxygens (including phenoxy) is 1. The molecule has 0 spiro atoms. The van der Waals surface area contributed by atoms with Crippen LogP contribution in [0, 0.1) is 3.57 Å². The zero-order valence-corrected chi connectivity index (χ0v) is 10.2. The van der Waals surface area contributed by atoms with Crippen molar-refractivity contribution in [3.8, 4) is 5.75 Å². The third-order valence-electron chi connectivity index (χ3n) is 1.24. The minimum atomic E-state index is -3.83. The van der Waals surface area contributed by atoms with Crippen LogP contribution in [0.3, 0.4) is 0 Å². The van der Waals surface area contributed by atoms with Crippen LogP contribution in [0.2, 0.25) is 0 Å². The molecule has 4 nitrogen and oxygen atoms in total. The van der Waals surface area contributed by atoms with Gasteiger partial charge in [-0.05, 0) is 28.7 Å². The lowest BCUT2D eigenvalue weighted by molar-refractivity contribution is 0.398. The lowest BCUT2D eigenvalue weighted by Gasteiger charge is -2.03. The molecule has 0 aliphatic rings. The molecular formula is C6H5ClINO3S. The summed E-state index contributed by atoms with van der Waals surface area (Å²) in [5, 5.41) is -0.253. The van der Waals surface area contributed by atoms with Crippen molar-refractivity contribution in [3.05, 3.63) is 15.8 Å². The van der Waals surface area contributed by atoms with Crippen LogP contribution in [0.1, 0.15) is 0 Å². The molecule has 7 heteroatoms. The highest BCUT2D eigenvalue weighted by Crippen LogP contribution is 2.25. The van der Waals surface area contributed by atoms with Crippen LogP contribution >= 0.6 is 33.3 Å². The fraction of sp³-hybridized carbons (Fsp3) is 0.167. The summed E-state index contributed by atoms with van der Waals surface area (Å²) in [6, 6.07) is 1.54. The number of rotatable bonds is 2. The van der Waals surface area contributed by atoms with Crippen molar-refractivity contribution in [2.45, 2.75) is 5.03 Å². The van der Waals surface area contributed by atoms with Crippen molar-refractivity contribution in [2.75, 3.05) is 7.11 Å². The van der Waals surface area contributed by atoms with Crippen molar-refractivity contribution < 1.29 is 13.2 Å². The van der Waals surface area contributed by atoms with Gasteiger partial charge in [0.05, 0.1) is 7.11 Å². The van der Waals surface area contributed by atoms with Crippen molar-refractivity contribution in [1.29, 1.82) is 0 Å². The average molecular weight is 334 g/mol. The summed E-state index contributed by atoms with van der Waals surface area (Å²) in [6.07, 6.45) is 1.40. The minimum absolute atomic E-state index is 0.155. The van der Waals surface area contributed by atoms with Gasteiger partial charge in [0.15, 0.2) is 5.75 Å². The van der Waals surface area contributed by atoms with E-state index < -0.39 is 9.05 Å². The van der Waals surface area contributed by atoms with E-state index in [0.717, 1.165) is 3.57 Å². The van der Waals surface area contributed by atoms with E-state index in [9.17, 15) is 8.42 Å². The molecule has 0 saturated carbocycles. The van der Waals surface area contributed by atoms with Crippen molar-refractivity contribution in [1.82, 2.24) is 4.98 Å². The van der Waals surface area contributed by atoms with Crippen LogP contribution < -0.4 is 4.74 Å². The second-order valence-electron chi connectivity index (χ2n) is 2.10. The third kappa shape index (κ3) is 2.68. The zero-order chi connectivity index (χ0) is 10.1. The molecule has 1 heterocycles. The molecule has 0 radical (unpaired) electrons. The Kier molecular flexibility index (Phi) is 3.36. The van der Waals surface area contributed by atoms with Gasteiger partial charge in [-0.1, -0.05) is 0 Å². The Bertz CT molecular complexity index is 420. The molecule has 0 aliphatic carbocycles. The Morgan fingerprint density at radius 3 is 2.69 bits per heavy atom. The zero-order valence-electron chi connectivity index (χ0n) is 6.49. The molecule has 1 rings (SSSR count). The summed E-state index contributed by atoms with van der Waals surface area (Å²) in [7, 11) is 2.65. The maximum absolute atomic E-state index is 10.9. The molecule has 0 amide bonds. The number of hydrogen-bond acceptors (Lipinski definition) is 4. The number of halogens is 2. The van der Waals surface area contributed by atoms with Crippen LogP contribution in [0.5, 0.6) is 5.75 Å². The highest BCUT2D eigenvalue weighted by Gasteiger charge is 2.18. The summed E-state index contributed by atoms with van der Waals surface area (Å²) in [6.45, 7) is 0. The predicted molar refractivity (Wildman–Crippen MR) is 56.5 cm³/mol. The predicted octanol–water partition coefficient (Wildman–Crippen LogP) is 1.62. The summed E-state index contributed by atoms with van der Waals surface area (Å²) < 4.78 is 27.5. The van der Waals surface area contributed by atoms with Gasteiger partial charge in [0.25, 0.3) is 9.05 Å². The second-order valence-corrected chi connectivity index (χ2v) is 5.83. The first kappa shape index (κ1) is 11.0. The topological polar surface area (TPSA) is 56.3 Å². The minimum Gasteiger partial charge on any atom is -0.494 e. The molecule has 0 aromatic carbocycles. The van der Waals surface area contributed by atoms with E-state index in [4.69, 9.17) is 15.4 Å². The van der Waals surface area contributed by atoms with E-state index in [0.29, 0.717) is 0 Å². The Labute approximate surface area is 93.8 Å². The van der Waals surface area contributed by atoms with E-state index in [1.165, 1.54) is 13.3 Å². The fourth-order valence-corrected chi connectivity index (χ4v) is 2.07. The smallest absolute Gasteiger partial charge is 0.282 e. The van der Waals surface area contributed by atoms with Crippen LogP contribution in [0.15, 0.2) is 17.3 Å². The molecule has 0 fully saturated rings. The molecule has 0 bridgehead atoms. The summed E-state index contributed by atoms with van der Waals surface area (Å²) in [5.74, 6) is 0.155. The first-order valence-corrected chi connectivity index (χ1v) is 6.48. The molecule has 1 aromatic heterocycles. The van der Waals surface area contributed by atoms with Gasteiger partial charge in [-0.2, -0.15) is 0 Å². The molecular weight excluding hydrogens is 328 g/mol. The Morgan fingerprint density at radius 1 is 1.62 bits per heavy atom. The molecule has 72 valence electrons. The third-order valence-corrected chi connectivity index (χ3v) is 3.03. The Balaban J connectivity index is 3.39. The van der Waals surface area contributed by atoms with Crippen LogP contribution in [-0.4, -0.2) is 20.5 Å². The van der Waals surface area contributed by atoms with E-state index in [1.807, 2.05) is 22.6 Å². The highest BCUT2D eigenvalue weighted by atomic mass is 127. The monoisotopic (exact) mass is 333 g/mol. The van der Waals surface area contributed by atoms with Crippen molar-refractivity contribution >= 4 is 42.3 Å². The maximum atomic E-state index is 10.9. The Morgan fingerprint density at radius 2 is 2.23 bits per heavy atom. The van der Waals surface area contributed by atoms with Gasteiger partial charge >= 0.3 is 0 Å². The second kappa shape index (κ2) is 3.97. The number of pyridine rings is 1. The number of methoxy groups -OCH3 is 1. The Hall–Kier alpha value is -0.0800.